The highest BCUT2D eigenvalue weighted by molar-refractivity contribution is 6.30. The van der Waals surface area contributed by atoms with Crippen molar-refractivity contribution in [2.24, 2.45) is 5.92 Å². The number of hydrogen-bond acceptors (Lipinski definition) is 2. The van der Waals surface area contributed by atoms with Crippen molar-refractivity contribution in [3.8, 4) is 0 Å². The first-order valence-corrected chi connectivity index (χ1v) is 7.94. The van der Waals surface area contributed by atoms with Gasteiger partial charge in [0.25, 0.3) is 0 Å². The Morgan fingerprint density at radius 1 is 1.35 bits per heavy atom. The number of pyridine rings is 1. The van der Waals surface area contributed by atoms with Crippen LogP contribution in [-0.4, -0.2) is 28.4 Å². The van der Waals surface area contributed by atoms with E-state index < -0.39 is 0 Å². The SMILES string of the molecule is CC1CC(c2ccc(Cl)cn2)CCC1N1CCCC1=O. The van der Waals surface area contributed by atoms with Crippen LogP contribution in [0.5, 0.6) is 0 Å². The highest BCUT2D eigenvalue weighted by Gasteiger charge is 2.36. The van der Waals surface area contributed by atoms with E-state index in [4.69, 9.17) is 11.6 Å². The van der Waals surface area contributed by atoms with E-state index in [-0.39, 0.29) is 0 Å². The van der Waals surface area contributed by atoms with Gasteiger partial charge in [-0.2, -0.15) is 0 Å². The molecule has 3 rings (SSSR count). The Balaban J connectivity index is 1.67. The van der Waals surface area contributed by atoms with E-state index in [1.807, 2.05) is 12.1 Å². The molecule has 1 saturated carbocycles. The smallest absolute Gasteiger partial charge is 0.222 e. The van der Waals surface area contributed by atoms with Crippen molar-refractivity contribution in [3.05, 3.63) is 29.0 Å². The van der Waals surface area contributed by atoms with E-state index in [1.54, 1.807) is 6.20 Å². The summed E-state index contributed by atoms with van der Waals surface area (Å²) in [5.74, 6) is 1.41. The quantitative estimate of drug-likeness (QED) is 0.834. The van der Waals surface area contributed by atoms with E-state index in [1.165, 1.54) is 0 Å². The van der Waals surface area contributed by atoms with Gasteiger partial charge < -0.3 is 4.90 Å². The van der Waals surface area contributed by atoms with Gasteiger partial charge in [0, 0.05) is 36.8 Å². The number of aromatic nitrogens is 1. The summed E-state index contributed by atoms with van der Waals surface area (Å²) in [5.41, 5.74) is 1.15. The Kier molecular flexibility index (Phi) is 3.97. The first kappa shape index (κ1) is 13.9. The van der Waals surface area contributed by atoms with E-state index in [0.717, 1.165) is 44.3 Å². The second-order valence-electron chi connectivity index (χ2n) is 6.15. The summed E-state index contributed by atoms with van der Waals surface area (Å²) in [7, 11) is 0. The van der Waals surface area contributed by atoms with Gasteiger partial charge in [0.2, 0.25) is 5.91 Å². The zero-order valence-corrected chi connectivity index (χ0v) is 12.6. The summed E-state index contributed by atoms with van der Waals surface area (Å²) in [6, 6.07) is 4.40. The number of carbonyl (C=O) groups is 1. The van der Waals surface area contributed by atoms with Gasteiger partial charge in [-0.25, -0.2) is 0 Å². The summed E-state index contributed by atoms with van der Waals surface area (Å²) >= 11 is 5.90. The van der Waals surface area contributed by atoms with Crippen LogP contribution < -0.4 is 0 Å². The molecule has 20 heavy (non-hydrogen) atoms. The molecule has 108 valence electrons. The largest absolute Gasteiger partial charge is 0.339 e. The monoisotopic (exact) mass is 292 g/mol. The molecule has 1 saturated heterocycles. The molecule has 3 unspecified atom stereocenters. The lowest BCUT2D eigenvalue weighted by Crippen LogP contribution is -2.43. The molecular weight excluding hydrogens is 272 g/mol. The topological polar surface area (TPSA) is 33.2 Å². The zero-order valence-electron chi connectivity index (χ0n) is 11.9. The molecule has 2 fully saturated rings. The third-order valence-electron chi connectivity index (χ3n) is 4.80. The second-order valence-corrected chi connectivity index (χ2v) is 6.58. The van der Waals surface area contributed by atoms with Gasteiger partial charge in [0.1, 0.15) is 0 Å². The van der Waals surface area contributed by atoms with Crippen LogP contribution in [0.25, 0.3) is 0 Å². The molecule has 3 atom stereocenters. The summed E-state index contributed by atoms with van der Waals surface area (Å²) in [6.07, 6.45) is 6.84. The Bertz CT molecular complexity index is 488. The van der Waals surface area contributed by atoms with Crippen molar-refractivity contribution < 1.29 is 4.79 Å². The Labute approximate surface area is 125 Å². The van der Waals surface area contributed by atoms with Crippen molar-refractivity contribution in [2.75, 3.05) is 6.54 Å². The van der Waals surface area contributed by atoms with Crippen molar-refractivity contribution in [3.63, 3.8) is 0 Å². The number of hydrogen-bond donors (Lipinski definition) is 0. The van der Waals surface area contributed by atoms with Gasteiger partial charge >= 0.3 is 0 Å². The highest BCUT2D eigenvalue weighted by atomic mass is 35.5. The Hall–Kier alpha value is -1.09. The van der Waals surface area contributed by atoms with Gasteiger partial charge in [-0.1, -0.05) is 18.5 Å². The first-order valence-electron chi connectivity index (χ1n) is 7.56. The molecule has 2 heterocycles. The maximum absolute atomic E-state index is 11.9. The minimum Gasteiger partial charge on any atom is -0.339 e. The minimum absolute atomic E-state index is 0.352. The van der Waals surface area contributed by atoms with Crippen molar-refractivity contribution in [2.45, 2.75) is 51.0 Å². The fourth-order valence-corrected chi connectivity index (χ4v) is 3.87. The maximum Gasteiger partial charge on any atom is 0.222 e. The molecule has 1 aromatic rings. The van der Waals surface area contributed by atoms with Crippen LogP contribution in [0.15, 0.2) is 18.3 Å². The molecule has 4 heteroatoms. The molecule has 3 nitrogen and oxygen atoms in total. The summed E-state index contributed by atoms with van der Waals surface area (Å²) < 4.78 is 0. The molecule has 0 spiro atoms. The third-order valence-corrected chi connectivity index (χ3v) is 5.03. The normalized spacial score (nSPS) is 30.8. The van der Waals surface area contributed by atoms with Crippen LogP contribution in [-0.2, 0) is 4.79 Å². The fraction of sp³-hybridized carbons (Fsp3) is 0.625. The van der Waals surface area contributed by atoms with E-state index in [2.05, 4.69) is 16.8 Å². The number of amides is 1. The fourth-order valence-electron chi connectivity index (χ4n) is 3.76. The van der Waals surface area contributed by atoms with Crippen LogP contribution >= 0.6 is 11.6 Å². The molecule has 0 aromatic carbocycles. The van der Waals surface area contributed by atoms with Crippen LogP contribution in [0.4, 0.5) is 0 Å². The number of halogens is 1. The average molecular weight is 293 g/mol. The summed E-state index contributed by atoms with van der Waals surface area (Å²) in [6.45, 7) is 3.23. The van der Waals surface area contributed by atoms with Crippen LogP contribution in [0.2, 0.25) is 5.02 Å². The molecule has 1 aromatic heterocycles. The predicted molar refractivity (Wildman–Crippen MR) is 79.7 cm³/mol. The molecule has 1 aliphatic heterocycles. The van der Waals surface area contributed by atoms with Crippen LogP contribution in [0, 0.1) is 5.92 Å². The molecule has 2 aliphatic rings. The molecule has 0 bridgehead atoms. The Morgan fingerprint density at radius 2 is 2.20 bits per heavy atom. The highest BCUT2D eigenvalue weighted by Crippen LogP contribution is 2.38. The molecule has 0 radical (unpaired) electrons. The molecular formula is C16H21ClN2O. The van der Waals surface area contributed by atoms with Gasteiger partial charge in [-0.3, -0.25) is 9.78 Å². The minimum atomic E-state index is 0.352. The third kappa shape index (κ3) is 2.69. The Morgan fingerprint density at radius 3 is 2.80 bits per heavy atom. The number of nitrogens with zero attached hydrogens (tertiary/aromatic N) is 2. The van der Waals surface area contributed by atoms with E-state index >= 15 is 0 Å². The van der Waals surface area contributed by atoms with Gasteiger partial charge in [-0.05, 0) is 43.7 Å². The van der Waals surface area contributed by atoms with Gasteiger partial charge in [0.05, 0.1) is 5.02 Å². The predicted octanol–water partition coefficient (Wildman–Crippen LogP) is 3.63. The molecule has 1 aliphatic carbocycles. The van der Waals surface area contributed by atoms with E-state index in [9.17, 15) is 4.79 Å². The zero-order chi connectivity index (χ0) is 14.1. The summed E-state index contributed by atoms with van der Waals surface area (Å²) in [5, 5.41) is 0.693. The van der Waals surface area contributed by atoms with Gasteiger partial charge in [-0.15, -0.1) is 0 Å². The second kappa shape index (κ2) is 5.72. The lowest BCUT2D eigenvalue weighted by molar-refractivity contribution is -0.131. The number of likely N-dealkylation sites (tertiary alicyclic amines) is 1. The lowest BCUT2D eigenvalue weighted by Gasteiger charge is -2.39. The van der Waals surface area contributed by atoms with Crippen molar-refractivity contribution >= 4 is 17.5 Å². The standard InChI is InChI=1S/C16H21ClN2O/c1-11-9-12(14-6-5-13(17)10-18-14)4-7-15(11)19-8-2-3-16(19)20/h5-6,10-12,15H,2-4,7-9H2,1H3. The van der Waals surface area contributed by atoms with Crippen molar-refractivity contribution in [1.82, 2.24) is 9.88 Å². The lowest BCUT2D eigenvalue weighted by atomic mass is 9.77. The van der Waals surface area contributed by atoms with Crippen LogP contribution in [0.3, 0.4) is 0 Å². The average Bonchev–Trinajstić information content (AvgIpc) is 2.86. The van der Waals surface area contributed by atoms with E-state index in [0.29, 0.717) is 28.8 Å². The van der Waals surface area contributed by atoms with Gasteiger partial charge in [0.15, 0.2) is 0 Å². The summed E-state index contributed by atoms with van der Waals surface area (Å²) in [4.78, 5) is 18.5. The van der Waals surface area contributed by atoms with Crippen LogP contribution in [0.1, 0.15) is 50.6 Å². The number of carbonyl (C=O) groups excluding carboxylic acids is 1. The maximum atomic E-state index is 11.9. The first-order chi connectivity index (χ1) is 9.65. The molecule has 0 N–H and O–H groups in total. The van der Waals surface area contributed by atoms with Crippen molar-refractivity contribution in [1.29, 1.82) is 0 Å². The number of rotatable bonds is 2. The molecule has 1 amide bonds.